The quantitative estimate of drug-likeness (QED) is 0.232. The molecule has 5 rings (SSSR count). The summed E-state index contributed by atoms with van der Waals surface area (Å²) >= 11 is 1.24. The molecule has 0 radical (unpaired) electrons. The molecule has 0 unspecified atom stereocenters. The van der Waals surface area contributed by atoms with Crippen LogP contribution in [0.3, 0.4) is 0 Å². The molecule has 1 aliphatic rings. The first-order chi connectivity index (χ1) is 26.2. The molecule has 0 spiro atoms. The second kappa shape index (κ2) is 18.3. The molecule has 292 valence electrons. The summed E-state index contributed by atoms with van der Waals surface area (Å²) in [5, 5.41) is 18.1. The Hall–Kier alpha value is -5.41. The molecule has 4 atom stereocenters. The van der Waals surface area contributed by atoms with Crippen molar-refractivity contribution in [2.45, 2.75) is 78.7 Å². The van der Waals surface area contributed by atoms with E-state index in [-0.39, 0.29) is 36.5 Å². The van der Waals surface area contributed by atoms with Gasteiger partial charge in [-0.1, -0.05) is 56.3 Å². The average Bonchev–Trinajstić information content (AvgIpc) is 3.78. The van der Waals surface area contributed by atoms with Crippen molar-refractivity contribution in [1.82, 2.24) is 45.8 Å². The van der Waals surface area contributed by atoms with Crippen molar-refractivity contribution in [3.05, 3.63) is 99.3 Å². The van der Waals surface area contributed by atoms with Crippen LogP contribution in [0, 0.1) is 19.8 Å². The minimum Gasteiger partial charge on any atom is -0.345 e. The van der Waals surface area contributed by atoms with Crippen LogP contribution in [0.25, 0.3) is 5.69 Å². The van der Waals surface area contributed by atoms with Crippen LogP contribution in [-0.4, -0.2) is 98.9 Å². The van der Waals surface area contributed by atoms with Gasteiger partial charge in [-0.2, -0.15) is 5.10 Å². The third-order valence-electron chi connectivity index (χ3n) is 9.45. The summed E-state index contributed by atoms with van der Waals surface area (Å²) in [5.74, 6) is -2.54. The number of likely N-dealkylation sites (N-methyl/N-ethyl adjacent to an activating group) is 1. The molecule has 3 heterocycles. The van der Waals surface area contributed by atoms with Crippen LogP contribution in [0.5, 0.6) is 0 Å². The third-order valence-corrected chi connectivity index (χ3v) is 10.4. The van der Waals surface area contributed by atoms with Crippen molar-refractivity contribution in [2.24, 2.45) is 5.92 Å². The highest BCUT2D eigenvalue weighted by Crippen LogP contribution is 2.23. The number of carbonyl (C=O) groups is 5. The lowest BCUT2D eigenvalue weighted by molar-refractivity contribution is -0.136. The largest absolute Gasteiger partial charge is 0.345 e. The summed E-state index contributed by atoms with van der Waals surface area (Å²) in [7, 11) is 1.66. The van der Waals surface area contributed by atoms with Gasteiger partial charge in [0.15, 0.2) is 0 Å². The van der Waals surface area contributed by atoms with E-state index in [2.05, 4.69) is 31.3 Å². The molecule has 2 aromatic carbocycles. The molecule has 0 fully saturated rings. The lowest BCUT2D eigenvalue weighted by Gasteiger charge is -2.29. The van der Waals surface area contributed by atoms with Crippen molar-refractivity contribution in [1.29, 1.82) is 0 Å². The lowest BCUT2D eigenvalue weighted by Crippen LogP contribution is -2.57. The molecular weight excluding hydrogens is 719 g/mol. The Labute approximate surface area is 326 Å². The predicted molar refractivity (Wildman–Crippen MR) is 210 cm³/mol. The summed E-state index contributed by atoms with van der Waals surface area (Å²) in [6.07, 6.45) is 0.428. The Bertz CT molecular complexity index is 1990. The minimum absolute atomic E-state index is 0.00380. The first-order valence-corrected chi connectivity index (χ1v) is 19.4. The van der Waals surface area contributed by atoms with Gasteiger partial charge in [-0.3, -0.25) is 28.9 Å². The van der Waals surface area contributed by atoms with Gasteiger partial charge in [-0.25, -0.2) is 9.67 Å². The van der Waals surface area contributed by atoms with Crippen molar-refractivity contribution >= 4 is 40.9 Å². The summed E-state index contributed by atoms with van der Waals surface area (Å²) in [6.45, 7) is 11.6. The van der Waals surface area contributed by atoms with Crippen LogP contribution in [0.4, 0.5) is 0 Å². The number of carbonyl (C=O) groups excluding carboxylic acids is 5. The molecule has 1 aliphatic heterocycles. The van der Waals surface area contributed by atoms with Gasteiger partial charge in [0.25, 0.3) is 5.91 Å². The molecular formula is C40H51N9O5S. The standard InChI is InChI=1S/C40H51N9O5S/c1-24(2)35-38(53)42-28(6)40(54)47(7)16-17-48(21-30-14-11-15-31(19-30)49-26(4)18-25(3)46-49)22-34(50)43-32(20-29-12-9-8-10-13-29)39-44-33(23-55-39)37(52)41-27(5)36(51)45-35/h8-15,18-19,23-24,27-28,32,35H,16-17,20-22H2,1-7H3,(H,41,52)(H,42,53)(H,43,50)(H,45,51)/t27-,28+,32-,35-/m0/s1. The number of fused-ring (bicyclic) bond motifs is 2. The van der Waals surface area contributed by atoms with Gasteiger partial charge >= 0.3 is 0 Å². The highest BCUT2D eigenvalue weighted by molar-refractivity contribution is 7.09. The number of rotatable bonds is 6. The Morgan fingerprint density at radius 1 is 0.836 bits per heavy atom. The molecule has 0 saturated heterocycles. The van der Waals surface area contributed by atoms with Crippen molar-refractivity contribution in [2.75, 3.05) is 26.7 Å². The highest BCUT2D eigenvalue weighted by Gasteiger charge is 2.31. The zero-order valence-electron chi connectivity index (χ0n) is 32.5. The van der Waals surface area contributed by atoms with E-state index >= 15 is 0 Å². The molecule has 4 N–H and O–H groups in total. The molecule has 0 saturated carbocycles. The molecule has 4 aromatic rings. The molecule has 2 aromatic heterocycles. The van der Waals surface area contributed by atoms with Crippen LogP contribution in [0.2, 0.25) is 0 Å². The van der Waals surface area contributed by atoms with E-state index in [0.717, 1.165) is 28.2 Å². The summed E-state index contributed by atoms with van der Waals surface area (Å²) in [6, 6.07) is 16.3. The molecule has 0 aliphatic carbocycles. The van der Waals surface area contributed by atoms with E-state index in [1.165, 1.54) is 23.2 Å². The van der Waals surface area contributed by atoms with Gasteiger partial charge in [0, 0.05) is 37.8 Å². The molecule has 15 heteroatoms. The van der Waals surface area contributed by atoms with E-state index in [0.29, 0.717) is 24.5 Å². The van der Waals surface area contributed by atoms with E-state index in [9.17, 15) is 24.0 Å². The smallest absolute Gasteiger partial charge is 0.271 e. The van der Waals surface area contributed by atoms with Crippen LogP contribution in [-0.2, 0) is 32.1 Å². The summed E-state index contributed by atoms with van der Waals surface area (Å²) in [5.41, 5.74) is 4.83. The van der Waals surface area contributed by atoms with Gasteiger partial charge in [0.05, 0.1) is 24.0 Å². The van der Waals surface area contributed by atoms with Crippen molar-refractivity contribution < 1.29 is 24.0 Å². The number of aromatic nitrogens is 3. The molecule has 14 nitrogen and oxygen atoms in total. The maximum absolute atomic E-state index is 14.0. The van der Waals surface area contributed by atoms with Gasteiger partial charge in [-0.05, 0) is 69.4 Å². The minimum atomic E-state index is -0.995. The Kier molecular flexibility index (Phi) is 13.5. The van der Waals surface area contributed by atoms with Gasteiger partial charge in [0.1, 0.15) is 28.8 Å². The fraction of sp³-hybridized carbons (Fsp3) is 0.425. The monoisotopic (exact) mass is 769 g/mol. The van der Waals surface area contributed by atoms with Crippen molar-refractivity contribution in [3.63, 3.8) is 0 Å². The first-order valence-electron chi connectivity index (χ1n) is 18.5. The van der Waals surface area contributed by atoms with Crippen LogP contribution < -0.4 is 21.3 Å². The fourth-order valence-electron chi connectivity index (χ4n) is 6.44. The number of thiazole rings is 1. The van der Waals surface area contributed by atoms with Gasteiger partial charge in [-0.15, -0.1) is 11.3 Å². The topological polar surface area (TPSA) is 171 Å². The van der Waals surface area contributed by atoms with Crippen LogP contribution in [0.1, 0.15) is 71.7 Å². The van der Waals surface area contributed by atoms with E-state index in [1.807, 2.05) is 84.1 Å². The second-order valence-corrected chi connectivity index (χ2v) is 15.4. The number of amides is 5. The highest BCUT2D eigenvalue weighted by atomic mass is 32.1. The number of hydrogen-bond acceptors (Lipinski definition) is 9. The first kappa shape index (κ1) is 40.8. The Morgan fingerprint density at radius 3 is 2.25 bits per heavy atom. The van der Waals surface area contributed by atoms with Crippen LogP contribution in [0.15, 0.2) is 66.0 Å². The molecule has 5 amide bonds. The fourth-order valence-corrected chi connectivity index (χ4v) is 7.29. The Morgan fingerprint density at radius 2 is 1.56 bits per heavy atom. The third kappa shape index (κ3) is 10.9. The Balaban J connectivity index is 1.46. The molecule has 2 bridgehead atoms. The summed E-state index contributed by atoms with van der Waals surface area (Å²) < 4.78 is 1.88. The van der Waals surface area contributed by atoms with E-state index in [4.69, 9.17) is 0 Å². The van der Waals surface area contributed by atoms with Gasteiger partial charge in [0.2, 0.25) is 23.6 Å². The van der Waals surface area contributed by atoms with E-state index in [1.54, 1.807) is 33.2 Å². The van der Waals surface area contributed by atoms with Crippen LogP contribution >= 0.6 is 11.3 Å². The number of aryl methyl sites for hydroxylation is 2. The maximum atomic E-state index is 14.0. The maximum Gasteiger partial charge on any atom is 0.271 e. The second-order valence-electron chi connectivity index (χ2n) is 14.5. The zero-order valence-corrected chi connectivity index (χ0v) is 33.3. The number of nitrogens with zero attached hydrogens (tertiary/aromatic N) is 5. The van der Waals surface area contributed by atoms with Gasteiger partial charge < -0.3 is 26.2 Å². The van der Waals surface area contributed by atoms with Crippen molar-refractivity contribution in [3.8, 4) is 5.69 Å². The number of nitrogens with one attached hydrogen (secondary N) is 4. The SMILES string of the molecule is Cc1cc(C)n(-c2cccc(CN3CCN(C)C(=O)[C@@H](C)NC(=O)[C@H](C(C)C)NC(=O)[C@H](C)NC(=O)c4csc(n4)[C@H](Cc4ccccc4)NC(=O)C3)c2)n1. The number of benzene rings is 2. The van der Waals surface area contributed by atoms with E-state index < -0.39 is 41.9 Å². The number of hydrogen-bond donors (Lipinski definition) is 4. The predicted octanol–water partition coefficient (Wildman–Crippen LogP) is 3.08. The summed E-state index contributed by atoms with van der Waals surface area (Å²) in [4.78, 5) is 75.5. The zero-order chi connectivity index (χ0) is 39.8. The lowest BCUT2D eigenvalue weighted by atomic mass is 10.0. The normalized spacial score (nSPS) is 21.4. The average molecular weight is 770 g/mol. The molecule has 55 heavy (non-hydrogen) atoms.